The second kappa shape index (κ2) is 5.01. The summed E-state index contributed by atoms with van der Waals surface area (Å²) < 4.78 is 1.56. The number of hydrogen-bond acceptors (Lipinski definition) is 3. The van der Waals surface area contributed by atoms with Crippen LogP contribution in [-0.2, 0) is 11.3 Å². The van der Waals surface area contributed by atoms with Crippen LogP contribution in [0.1, 0.15) is 20.8 Å². The Bertz CT molecular complexity index is 359. The highest BCUT2D eigenvalue weighted by Crippen LogP contribution is 2.09. The summed E-state index contributed by atoms with van der Waals surface area (Å²) in [7, 11) is 1.82. The van der Waals surface area contributed by atoms with E-state index in [4.69, 9.17) is 5.73 Å². The first-order chi connectivity index (χ1) is 7.41. The summed E-state index contributed by atoms with van der Waals surface area (Å²) in [6.45, 7) is 6.48. The van der Waals surface area contributed by atoms with Gasteiger partial charge in [-0.15, -0.1) is 0 Å². The Kier molecular flexibility index (Phi) is 3.93. The molecule has 0 radical (unpaired) electrons. The van der Waals surface area contributed by atoms with Gasteiger partial charge in [-0.1, -0.05) is 13.8 Å². The summed E-state index contributed by atoms with van der Waals surface area (Å²) in [6, 6.07) is 0.223. The van der Waals surface area contributed by atoms with Gasteiger partial charge in [-0.25, -0.2) is 0 Å². The van der Waals surface area contributed by atoms with E-state index >= 15 is 0 Å². The van der Waals surface area contributed by atoms with E-state index in [1.54, 1.807) is 22.0 Å². The van der Waals surface area contributed by atoms with E-state index in [9.17, 15) is 4.79 Å². The van der Waals surface area contributed by atoms with Gasteiger partial charge in [0.05, 0.1) is 11.9 Å². The molecule has 5 heteroatoms. The number of anilines is 1. The van der Waals surface area contributed by atoms with Gasteiger partial charge >= 0.3 is 0 Å². The summed E-state index contributed by atoms with van der Waals surface area (Å²) >= 11 is 0. The largest absolute Gasteiger partial charge is 0.396 e. The van der Waals surface area contributed by atoms with Gasteiger partial charge in [0, 0.05) is 19.3 Å². The van der Waals surface area contributed by atoms with Crippen molar-refractivity contribution >= 4 is 11.6 Å². The average molecular weight is 224 g/mol. The first-order valence-corrected chi connectivity index (χ1v) is 5.45. The van der Waals surface area contributed by atoms with Crippen LogP contribution in [0.3, 0.4) is 0 Å². The van der Waals surface area contributed by atoms with Crippen LogP contribution in [0.5, 0.6) is 0 Å². The minimum atomic E-state index is 0.0456. The summed E-state index contributed by atoms with van der Waals surface area (Å²) in [5, 5.41) is 3.99. The minimum Gasteiger partial charge on any atom is -0.396 e. The third-order valence-corrected chi connectivity index (χ3v) is 2.92. The SMILES string of the molecule is CC(C)C(C)N(C)C(=O)Cn1cc(N)cn1. The Morgan fingerprint density at radius 2 is 2.19 bits per heavy atom. The third-order valence-electron chi connectivity index (χ3n) is 2.92. The fourth-order valence-electron chi connectivity index (χ4n) is 1.39. The topological polar surface area (TPSA) is 64.2 Å². The smallest absolute Gasteiger partial charge is 0.244 e. The molecule has 0 aliphatic rings. The van der Waals surface area contributed by atoms with Crippen LogP contribution in [0.15, 0.2) is 12.4 Å². The highest BCUT2D eigenvalue weighted by atomic mass is 16.2. The molecular weight excluding hydrogens is 204 g/mol. The van der Waals surface area contributed by atoms with Gasteiger partial charge in [0.15, 0.2) is 0 Å². The van der Waals surface area contributed by atoms with E-state index in [0.29, 0.717) is 11.6 Å². The molecule has 5 nitrogen and oxygen atoms in total. The number of hydrogen-bond donors (Lipinski definition) is 1. The standard InChI is InChI=1S/C11H20N4O/c1-8(2)9(3)14(4)11(16)7-15-6-10(12)5-13-15/h5-6,8-9H,7,12H2,1-4H3. The van der Waals surface area contributed by atoms with Gasteiger partial charge in [0.1, 0.15) is 6.54 Å². The molecule has 0 bridgehead atoms. The fraction of sp³-hybridized carbons (Fsp3) is 0.636. The molecular formula is C11H20N4O. The molecule has 1 atom stereocenters. The lowest BCUT2D eigenvalue weighted by Gasteiger charge is -2.27. The number of carbonyl (C=O) groups is 1. The van der Waals surface area contributed by atoms with Gasteiger partial charge in [-0.05, 0) is 12.8 Å². The first-order valence-electron chi connectivity index (χ1n) is 5.45. The Morgan fingerprint density at radius 3 is 2.62 bits per heavy atom. The second-order valence-corrected chi connectivity index (χ2v) is 4.46. The molecule has 0 fully saturated rings. The molecule has 90 valence electrons. The van der Waals surface area contributed by atoms with Crippen molar-refractivity contribution in [1.29, 1.82) is 0 Å². The molecule has 2 N–H and O–H groups in total. The molecule has 1 unspecified atom stereocenters. The maximum absolute atomic E-state index is 11.9. The van der Waals surface area contributed by atoms with E-state index in [2.05, 4.69) is 18.9 Å². The molecule has 0 aromatic carbocycles. The Hall–Kier alpha value is -1.52. The summed E-state index contributed by atoms with van der Waals surface area (Å²) in [4.78, 5) is 13.6. The summed E-state index contributed by atoms with van der Waals surface area (Å²) in [5.41, 5.74) is 6.11. The van der Waals surface area contributed by atoms with Crippen LogP contribution >= 0.6 is 0 Å². The summed E-state index contributed by atoms with van der Waals surface area (Å²) in [5.74, 6) is 0.487. The van der Waals surface area contributed by atoms with Crippen LogP contribution < -0.4 is 5.73 Å². The molecule has 1 rings (SSSR count). The van der Waals surface area contributed by atoms with Gasteiger partial charge in [0.25, 0.3) is 0 Å². The van der Waals surface area contributed by atoms with Crippen molar-refractivity contribution in [3.05, 3.63) is 12.4 Å². The van der Waals surface area contributed by atoms with Crippen LogP contribution in [-0.4, -0.2) is 33.7 Å². The van der Waals surface area contributed by atoms with Crippen molar-refractivity contribution in [3.8, 4) is 0 Å². The fourth-order valence-corrected chi connectivity index (χ4v) is 1.39. The molecule has 0 saturated heterocycles. The van der Waals surface area contributed by atoms with Crippen molar-refractivity contribution in [2.24, 2.45) is 5.92 Å². The third kappa shape index (κ3) is 2.98. The number of likely N-dealkylation sites (N-methyl/N-ethyl adjacent to an activating group) is 1. The molecule has 16 heavy (non-hydrogen) atoms. The molecule has 0 aliphatic heterocycles. The lowest BCUT2D eigenvalue weighted by Crippen LogP contribution is -2.40. The van der Waals surface area contributed by atoms with Crippen LogP contribution in [0.4, 0.5) is 5.69 Å². The predicted octanol–water partition coefficient (Wildman–Crippen LogP) is 0.968. The molecule has 0 spiro atoms. The van der Waals surface area contributed by atoms with Crippen molar-refractivity contribution in [2.45, 2.75) is 33.4 Å². The zero-order valence-corrected chi connectivity index (χ0v) is 10.3. The first kappa shape index (κ1) is 12.5. The number of carbonyl (C=O) groups excluding carboxylic acids is 1. The van der Waals surface area contributed by atoms with Crippen LogP contribution in [0, 0.1) is 5.92 Å². The van der Waals surface area contributed by atoms with Gasteiger partial charge in [0.2, 0.25) is 5.91 Å². The molecule has 0 saturated carbocycles. The number of nitrogens with two attached hydrogens (primary N) is 1. The molecule has 1 amide bonds. The van der Waals surface area contributed by atoms with E-state index < -0.39 is 0 Å². The lowest BCUT2D eigenvalue weighted by molar-refractivity contribution is -0.133. The number of rotatable bonds is 4. The van der Waals surface area contributed by atoms with Crippen molar-refractivity contribution in [2.75, 3.05) is 12.8 Å². The van der Waals surface area contributed by atoms with Gasteiger partial charge < -0.3 is 10.6 Å². The molecule has 1 aromatic rings. The van der Waals surface area contributed by atoms with Crippen molar-refractivity contribution < 1.29 is 4.79 Å². The quantitative estimate of drug-likeness (QED) is 0.828. The maximum atomic E-state index is 11.9. The zero-order chi connectivity index (χ0) is 12.3. The van der Waals surface area contributed by atoms with E-state index in [0.717, 1.165) is 0 Å². The van der Waals surface area contributed by atoms with E-state index in [-0.39, 0.29) is 18.5 Å². The van der Waals surface area contributed by atoms with Crippen LogP contribution in [0.2, 0.25) is 0 Å². The van der Waals surface area contributed by atoms with Crippen molar-refractivity contribution in [1.82, 2.24) is 14.7 Å². The normalized spacial score (nSPS) is 12.8. The highest BCUT2D eigenvalue weighted by molar-refractivity contribution is 5.76. The highest BCUT2D eigenvalue weighted by Gasteiger charge is 2.18. The number of aromatic nitrogens is 2. The Morgan fingerprint density at radius 1 is 1.56 bits per heavy atom. The van der Waals surface area contributed by atoms with Gasteiger partial charge in [-0.2, -0.15) is 5.10 Å². The maximum Gasteiger partial charge on any atom is 0.244 e. The molecule has 0 aliphatic carbocycles. The van der Waals surface area contributed by atoms with Crippen LogP contribution in [0.25, 0.3) is 0 Å². The van der Waals surface area contributed by atoms with E-state index in [1.807, 2.05) is 14.0 Å². The van der Waals surface area contributed by atoms with Gasteiger partial charge in [-0.3, -0.25) is 9.48 Å². The Balaban J connectivity index is 2.58. The van der Waals surface area contributed by atoms with Crippen molar-refractivity contribution in [3.63, 3.8) is 0 Å². The number of nitrogens with zero attached hydrogens (tertiary/aromatic N) is 3. The predicted molar refractivity (Wildman–Crippen MR) is 63.7 cm³/mol. The zero-order valence-electron chi connectivity index (χ0n) is 10.3. The summed E-state index contributed by atoms with van der Waals surface area (Å²) in [6.07, 6.45) is 3.20. The Labute approximate surface area is 96.2 Å². The number of amides is 1. The average Bonchev–Trinajstić information content (AvgIpc) is 2.61. The number of nitrogen functional groups attached to an aromatic ring is 1. The monoisotopic (exact) mass is 224 g/mol. The lowest BCUT2D eigenvalue weighted by atomic mass is 10.1. The second-order valence-electron chi connectivity index (χ2n) is 4.46. The molecule has 1 heterocycles. The van der Waals surface area contributed by atoms with E-state index in [1.165, 1.54) is 0 Å². The minimum absolute atomic E-state index is 0.0456. The molecule has 1 aromatic heterocycles.